The van der Waals surface area contributed by atoms with Crippen LogP contribution in [0, 0.1) is 6.92 Å². The summed E-state index contributed by atoms with van der Waals surface area (Å²) < 4.78 is 0.966. The molecule has 0 spiro atoms. The average molecular weight is 332 g/mol. The van der Waals surface area contributed by atoms with E-state index in [1.165, 1.54) is 0 Å². The number of hydrogen-bond donors (Lipinski definition) is 0. The molecule has 3 heterocycles. The highest BCUT2D eigenvalue weighted by atomic mass is 79.9. The molecule has 3 nitrogen and oxygen atoms in total. The van der Waals surface area contributed by atoms with E-state index >= 15 is 0 Å². The predicted octanol–water partition coefficient (Wildman–Crippen LogP) is 4.34. The molecule has 5 heteroatoms. The Kier molecular flexibility index (Phi) is 3.40. The molecular formula is C14H10BrN3S. The van der Waals surface area contributed by atoms with Gasteiger partial charge in [0.25, 0.3) is 0 Å². The number of thiazole rings is 1. The second-order valence-corrected chi connectivity index (χ2v) is 5.79. The van der Waals surface area contributed by atoms with Gasteiger partial charge in [0.15, 0.2) is 0 Å². The smallest absolute Gasteiger partial charge is 0.125 e. The van der Waals surface area contributed by atoms with Crippen molar-refractivity contribution in [1.82, 2.24) is 15.0 Å². The van der Waals surface area contributed by atoms with Crippen molar-refractivity contribution < 1.29 is 0 Å². The number of nitrogens with zero attached hydrogens (tertiary/aromatic N) is 3. The maximum atomic E-state index is 4.69. The molecule has 0 fully saturated rings. The predicted molar refractivity (Wildman–Crippen MR) is 81.0 cm³/mol. The number of aryl methyl sites for hydroxylation is 1. The van der Waals surface area contributed by atoms with Gasteiger partial charge in [-0.3, -0.25) is 9.97 Å². The fourth-order valence-corrected chi connectivity index (χ4v) is 3.15. The van der Waals surface area contributed by atoms with Crippen molar-refractivity contribution >= 4 is 27.3 Å². The van der Waals surface area contributed by atoms with Gasteiger partial charge in [-0.25, -0.2) is 4.98 Å². The van der Waals surface area contributed by atoms with E-state index in [2.05, 4.69) is 36.3 Å². The molecule has 0 aliphatic carbocycles. The molecule has 0 aliphatic heterocycles. The normalized spacial score (nSPS) is 10.6. The van der Waals surface area contributed by atoms with Gasteiger partial charge in [0, 0.05) is 45.3 Å². The quantitative estimate of drug-likeness (QED) is 0.701. The highest BCUT2D eigenvalue weighted by Crippen LogP contribution is 2.33. The minimum absolute atomic E-state index is 0.966. The van der Waals surface area contributed by atoms with E-state index in [1.807, 2.05) is 31.3 Å². The van der Waals surface area contributed by atoms with Crippen LogP contribution >= 0.6 is 27.3 Å². The monoisotopic (exact) mass is 331 g/mol. The van der Waals surface area contributed by atoms with Crippen LogP contribution in [-0.2, 0) is 0 Å². The van der Waals surface area contributed by atoms with Gasteiger partial charge in [-0.2, -0.15) is 0 Å². The second kappa shape index (κ2) is 5.19. The number of rotatable bonds is 2. The van der Waals surface area contributed by atoms with Crippen molar-refractivity contribution in [2.24, 2.45) is 0 Å². The van der Waals surface area contributed by atoms with Crippen LogP contribution in [0.15, 0.2) is 46.6 Å². The van der Waals surface area contributed by atoms with Crippen LogP contribution in [0.4, 0.5) is 0 Å². The Morgan fingerprint density at radius 3 is 2.79 bits per heavy atom. The van der Waals surface area contributed by atoms with Crippen molar-refractivity contribution in [2.45, 2.75) is 6.92 Å². The lowest BCUT2D eigenvalue weighted by Crippen LogP contribution is -1.85. The van der Waals surface area contributed by atoms with Crippen LogP contribution in [-0.4, -0.2) is 15.0 Å². The lowest BCUT2D eigenvalue weighted by Gasteiger charge is -2.01. The number of pyridine rings is 2. The zero-order valence-corrected chi connectivity index (χ0v) is 12.6. The second-order valence-electron chi connectivity index (χ2n) is 4.08. The minimum Gasteiger partial charge on any atom is -0.265 e. The summed E-state index contributed by atoms with van der Waals surface area (Å²) >= 11 is 5.16. The Morgan fingerprint density at radius 2 is 2.00 bits per heavy atom. The van der Waals surface area contributed by atoms with Crippen molar-refractivity contribution in [3.05, 3.63) is 52.3 Å². The third-order valence-electron chi connectivity index (χ3n) is 2.70. The van der Waals surface area contributed by atoms with E-state index in [0.29, 0.717) is 0 Å². The lowest BCUT2D eigenvalue weighted by molar-refractivity contribution is 1.19. The first-order chi connectivity index (χ1) is 9.24. The van der Waals surface area contributed by atoms with E-state index in [-0.39, 0.29) is 0 Å². The summed E-state index contributed by atoms with van der Waals surface area (Å²) in [5.41, 5.74) is 4.12. The maximum absolute atomic E-state index is 4.69. The van der Waals surface area contributed by atoms with Crippen LogP contribution in [0.3, 0.4) is 0 Å². The largest absolute Gasteiger partial charge is 0.265 e. The van der Waals surface area contributed by atoms with E-state index < -0.39 is 0 Å². The SMILES string of the molecule is Cc1cc(-c2nc(-c3ccncc3)cs2)c(Br)cn1. The first kappa shape index (κ1) is 12.4. The zero-order valence-electron chi connectivity index (χ0n) is 10.2. The Bertz CT molecular complexity index is 710. The summed E-state index contributed by atoms with van der Waals surface area (Å²) in [6.45, 7) is 1.98. The van der Waals surface area contributed by atoms with E-state index in [9.17, 15) is 0 Å². The van der Waals surface area contributed by atoms with Crippen LogP contribution in [0.5, 0.6) is 0 Å². The molecule has 0 saturated heterocycles. The van der Waals surface area contributed by atoms with Crippen molar-refractivity contribution in [3.63, 3.8) is 0 Å². The van der Waals surface area contributed by atoms with Crippen LogP contribution in [0.25, 0.3) is 21.8 Å². The molecule has 0 atom stereocenters. The Labute approximate surface area is 123 Å². The highest BCUT2D eigenvalue weighted by Gasteiger charge is 2.10. The summed E-state index contributed by atoms with van der Waals surface area (Å²) in [5.74, 6) is 0. The van der Waals surface area contributed by atoms with Crippen molar-refractivity contribution in [2.75, 3.05) is 0 Å². The molecule has 0 radical (unpaired) electrons. The number of aromatic nitrogens is 3. The Balaban J connectivity index is 2.04. The Morgan fingerprint density at radius 1 is 1.21 bits per heavy atom. The summed E-state index contributed by atoms with van der Waals surface area (Å²) in [7, 11) is 0. The Hall–Kier alpha value is -1.59. The van der Waals surface area contributed by atoms with E-state index in [1.54, 1.807) is 23.7 Å². The molecule has 3 rings (SSSR count). The molecule has 94 valence electrons. The van der Waals surface area contributed by atoms with E-state index in [0.717, 1.165) is 32.0 Å². The summed E-state index contributed by atoms with van der Waals surface area (Å²) in [5, 5.41) is 3.05. The summed E-state index contributed by atoms with van der Waals surface area (Å²) in [6, 6.07) is 5.97. The van der Waals surface area contributed by atoms with Gasteiger partial charge in [-0.15, -0.1) is 11.3 Å². The fourth-order valence-electron chi connectivity index (χ4n) is 1.76. The fraction of sp³-hybridized carbons (Fsp3) is 0.0714. The number of hydrogen-bond acceptors (Lipinski definition) is 4. The topological polar surface area (TPSA) is 38.7 Å². The molecule has 0 N–H and O–H groups in total. The van der Waals surface area contributed by atoms with Crippen LogP contribution in [0.1, 0.15) is 5.69 Å². The molecule has 0 amide bonds. The van der Waals surface area contributed by atoms with Gasteiger partial charge in [0.1, 0.15) is 5.01 Å². The summed E-state index contributed by atoms with van der Waals surface area (Å²) in [6.07, 6.45) is 5.37. The first-order valence-corrected chi connectivity index (χ1v) is 7.40. The van der Waals surface area contributed by atoms with Crippen molar-refractivity contribution in [1.29, 1.82) is 0 Å². The van der Waals surface area contributed by atoms with Gasteiger partial charge >= 0.3 is 0 Å². The van der Waals surface area contributed by atoms with Crippen LogP contribution < -0.4 is 0 Å². The molecule has 3 aromatic heterocycles. The third-order valence-corrected chi connectivity index (χ3v) is 4.21. The van der Waals surface area contributed by atoms with E-state index in [4.69, 9.17) is 0 Å². The standard InChI is InChI=1S/C14H10BrN3S/c1-9-6-11(12(15)7-17-9)14-18-13(8-19-14)10-2-4-16-5-3-10/h2-8H,1H3. The molecule has 3 aromatic rings. The third kappa shape index (κ3) is 2.57. The number of halogens is 1. The molecule has 0 saturated carbocycles. The minimum atomic E-state index is 0.966. The average Bonchev–Trinajstić information content (AvgIpc) is 2.92. The van der Waals surface area contributed by atoms with Gasteiger partial charge in [-0.05, 0) is 41.1 Å². The summed E-state index contributed by atoms with van der Waals surface area (Å²) in [4.78, 5) is 13.0. The maximum Gasteiger partial charge on any atom is 0.125 e. The molecule has 0 aromatic carbocycles. The lowest BCUT2D eigenvalue weighted by atomic mass is 10.2. The van der Waals surface area contributed by atoms with Gasteiger partial charge in [-0.1, -0.05) is 0 Å². The highest BCUT2D eigenvalue weighted by molar-refractivity contribution is 9.10. The molecule has 0 bridgehead atoms. The molecule has 0 unspecified atom stereocenters. The molecule has 19 heavy (non-hydrogen) atoms. The van der Waals surface area contributed by atoms with Gasteiger partial charge < -0.3 is 0 Å². The van der Waals surface area contributed by atoms with Gasteiger partial charge in [0.2, 0.25) is 0 Å². The van der Waals surface area contributed by atoms with Crippen LogP contribution in [0.2, 0.25) is 0 Å². The van der Waals surface area contributed by atoms with Crippen molar-refractivity contribution in [3.8, 4) is 21.8 Å². The molecule has 0 aliphatic rings. The zero-order chi connectivity index (χ0) is 13.2. The van der Waals surface area contributed by atoms with Gasteiger partial charge in [0.05, 0.1) is 5.69 Å². The molecular weight excluding hydrogens is 322 g/mol. The first-order valence-electron chi connectivity index (χ1n) is 5.72.